The lowest BCUT2D eigenvalue weighted by atomic mass is 10.5. The first-order chi connectivity index (χ1) is 5.65. The molecule has 0 fully saturated rings. The van der Waals surface area contributed by atoms with Crippen LogP contribution in [-0.2, 0) is 4.79 Å². The van der Waals surface area contributed by atoms with Gasteiger partial charge in [0.05, 0.1) is 0 Å². The van der Waals surface area contributed by atoms with Crippen molar-refractivity contribution in [3.8, 4) is 0 Å². The molecule has 0 saturated heterocycles. The molecule has 0 aliphatic heterocycles. The second-order valence-electron chi connectivity index (χ2n) is 2.24. The van der Waals surface area contributed by atoms with Crippen LogP contribution in [0.4, 0.5) is 4.79 Å². The van der Waals surface area contributed by atoms with E-state index < -0.39 is 0 Å². The zero-order chi connectivity index (χ0) is 9.56. The van der Waals surface area contributed by atoms with E-state index in [0.717, 1.165) is 0 Å². The van der Waals surface area contributed by atoms with Crippen molar-refractivity contribution in [2.45, 2.75) is 6.92 Å². The van der Waals surface area contributed by atoms with Gasteiger partial charge in [0.1, 0.15) is 6.54 Å². The molecule has 0 aliphatic carbocycles. The number of urea groups is 1. The standard InChI is InChI=1S/C7H15N3O2/c1-4-10(7(12)9-3)5-6(11)8-2/h4-5H2,1-3H3,(H,8,11)(H,9,12). The zero-order valence-electron chi connectivity index (χ0n) is 7.68. The molecule has 2 N–H and O–H groups in total. The number of amides is 3. The molecule has 0 heterocycles. The molecule has 0 unspecified atom stereocenters. The average Bonchev–Trinajstić information content (AvgIpc) is 2.12. The van der Waals surface area contributed by atoms with E-state index in [-0.39, 0.29) is 18.5 Å². The van der Waals surface area contributed by atoms with Crippen LogP contribution in [0, 0.1) is 0 Å². The van der Waals surface area contributed by atoms with E-state index in [4.69, 9.17) is 0 Å². The molecule has 0 radical (unpaired) electrons. The van der Waals surface area contributed by atoms with Gasteiger partial charge < -0.3 is 15.5 Å². The highest BCUT2D eigenvalue weighted by Gasteiger charge is 2.11. The van der Waals surface area contributed by atoms with Crippen LogP contribution < -0.4 is 10.6 Å². The molecule has 12 heavy (non-hydrogen) atoms. The average molecular weight is 173 g/mol. The summed E-state index contributed by atoms with van der Waals surface area (Å²) in [5, 5.41) is 4.90. The number of nitrogens with zero attached hydrogens (tertiary/aromatic N) is 1. The van der Waals surface area contributed by atoms with Gasteiger partial charge in [-0.2, -0.15) is 0 Å². The predicted molar refractivity (Wildman–Crippen MR) is 45.8 cm³/mol. The van der Waals surface area contributed by atoms with Gasteiger partial charge in [-0.15, -0.1) is 0 Å². The maximum Gasteiger partial charge on any atom is 0.317 e. The number of hydrogen-bond acceptors (Lipinski definition) is 2. The topological polar surface area (TPSA) is 61.4 Å². The fraction of sp³-hybridized carbons (Fsp3) is 0.714. The van der Waals surface area contributed by atoms with Crippen LogP contribution in [0.2, 0.25) is 0 Å². The van der Waals surface area contributed by atoms with Crippen LogP contribution in [-0.4, -0.2) is 44.0 Å². The molecule has 0 atom stereocenters. The Morgan fingerprint density at radius 2 is 1.83 bits per heavy atom. The number of carbonyl (C=O) groups is 2. The molecule has 0 aromatic heterocycles. The summed E-state index contributed by atoms with van der Waals surface area (Å²) in [7, 11) is 3.08. The highest BCUT2D eigenvalue weighted by atomic mass is 16.2. The van der Waals surface area contributed by atoms with Gasteiger partial charge in [0.2, 0.25) is 5.91 Å². The summed E-state index contributed by atoms with van der Waals surface area (Å²) in [6, 6.07) is -0.235. The van der Waals surface area contributed by atoms with Crippen LogP contribution in [0.25, 0.3) is 0 Å². The second kappa shape index (κ2) is 5.40. The summed E-state index contributed by atoms with van der Waals surface area (Å²) in [5.74, 6) is -0.166. The molecular formula is C7H15N3O2. The number of hydrogen-bond donors (Lipinski definition) is 2. The van der Waals surface area contributed by atoms with Crippen LogP contribution in [0.5, 0.6) is 0 Å². The molecule has 70 valence electrons. The molecule has 0 aromatic rings. The lowest BCUT2D eigenvalue weighted by Gasteiger charge is -2.18. The molecule has 3 amide bonds. The number of nitrogens with one attached hydrogen (secondary N) is 2. The lowest BCUT2D eigenvalue weighted by molar-refractivity contribution is -0.121. The molecule has 0 spiro atoms. The molecular weight excluding hydrogens is 158 g/mol. The third kappa shape index (κ3) is 3.23. The summed E-state index contributed by atoms with van der Waals surface area (Å²) in [5.41, 5.74) is 0. The van der Waals surface area contributed by atoms with Crippen molar-refractivity contribution in [2.24, 2.45) is 0 Å². The predicted octanol–water partition coefficient (Wildman–Crippen LogP) is -0.606. The first-order valence-corrected chi connectivity index (χ1v) is 3.82. The summed E-state index contributed by atoms with van der Waals surface area (Å²) >= 11 is 0. The minimum Gasteiger partial charge on any atom is -0.358 e. The molecule has 5 heteroatoms. The fourth-order valence-corrected chi connectivity index (χ4v) is 0.738. The lowest BCUT2D eigenvalue weighted by Crippen LogP contribution is -2.43. The van der Waals surface area contributed by atoms with Crippen LogP contribution in [0.1, 0.15) is 6.92 Å². The quantitative estimate of drug-likeness (QED) is 0.598. The Morgan fingerprint density at radius 1 is 1.25 bits per heavy atom. The highest BCUT2D eigenvalue weighted by Crippen LogP contribution is 1.87. The van der Waals surface area contributed by atoms with E-state index >= 15 is 0 Å². The smallest absolute Gasteiger partial charge is 0.317 e. The van der Waals surface area contributed by atoms with Crippen molar-refractivity contribution in [3.63, 3.8) is 0 Å². The normalized spacial score (nSPS) is 8.92. The van der Waals surface area contributed by atoms with Crippen molar-refractivity contribution in [1.29, 1.82) is 0 Å². The number of likely N-dealkylation sites (N-methyl/N-ethyl adjacent to an activating group) is 2. The van der Waals surface area contributed by atoms with Gasteiger partial charge in [0.25, 0.3) is 0 Å². The monoisotopic (exact) mass is 173 g/mol. The number of carbonyl (C=O) groups excluding carboxylic acids is 2. The third-order valence-corrected chi connectivity index (χ3v) is 1.50. The van der Waals surface area contributed by atoms with Gasteiger partial charge in [0, 0.05) is 20.6 Å². The zero-order valence-corrected chi connectivity index (χ0v) is 7.68. The Balaban J connectivity index is 3.99. The maximum absolute atomic E-state index is 11.0. The van der Waals surface area contributed by atoms with E-state index in [9.17, 15) is 9.59 Å². The van der Waals surface area contributed by atoms with Gasteiger partial charge in [-0.1, -0.05) is 0 Å². The van der Waals surface area contributed by atoms with Crippen LogP contribution in [0.3, 0.4) is 0 Å². The van der Waals surface area contributed by atoms with Gasteiger partial charge in [-0.3, -0.25) is 4.79 Å². The largest absolute Gasteiger partial charge is 0.358 e. The Bertz CT molecular complexity index is 170. The summed E-state index contributed by atoms with van der Waals surface area (Å²) < 4.78 is 0. The fourth-order valence-electron chi connectivity index (χ4n) is 0.738. The van der Waals surface area contributed by atoms with Crippen molar-refractivity contribution >= 4 is 11.9 Å². The van der Waals surface area contributed by atoms with Crippen molar-refractivity contribution < 1.29 is 9.59 Å². The number of rotatable bonds is 3. The van der Waals surface area contributed by atoms with E-state index in [1.165, 1.54) is 11.9 Å². The Hall–Kier alpha value is -1.26. The second-order valence-corrected chi connectivity index (χ2v) is 2.24. The van der Waals surface area contributed by atoms with Crippen molar-refractivity contribution in [3.05, 3.63) is 0 Å². The van der Waals surface area contributed by atoms with E-state index in [1.807, 2.05) is 6.92 Å². The first-order valence-electron chi connectivity index (χ1n) is 3.82. The minimum atomic E-state index is -0.235. The molecule has 0 rings (SSSR count). The third-order valence-electron chi connectivity index (χ3n) is 1.50. The molecule has 5 nitrogen and oxygen atoms in total. The molecule has 0 saturated carbocycles. The summed E-state index contributed by atoms with van der Waals surface area (Å²) in [4.78, 5) is 23.3. The van der Waals surface area contributed by atoms with Gasteiger partial charge in [-0.05, 0) is 6.92 Å². The maximum atomic E-state index is 11.0. The van der Waals surface area contributed by atoms with Gasteiger partial charge in [-0.25, -0.2) is 4.79 Å². The molecule has 0 aromatic carbocycles. The van der Waals surface area contributed by atoms with Gasteiger partial charge >= 0.3 is 6.03 Å². The Morgan fingerprint density at radius 3 is 2.17 bits per heavy atom. The molecule has 0 bridgehead atoms. The van der Waals surface area contributed by atoms with E-state index in [1.54, 1.807) is 7.05 Å². The Kier molecular flexibility index (Phi) is 4.83. The van der Waals surface area contributed by atoms with Crippen molar-refractivity contribution in [1.82, 2.24) is 15.5 Å². The minimum absolute atomic E-state index is 0.104. The summed E-state index contributed by atoms with van der Waals surface area (Å²) in [6.45, 7) is 2.44. The highest BCUT2D eigenvalue weighted by molar-refractivity contribution is 5.83. The first kappa shape index (κ1) is 10.7. The SMILES string of the molecule is CCN(CC(=O)NC)C(=O)NC. The van der Waals surface area contributed by atoms with E-state index in [2.05, 4.69) is 10.6 Å². The van der Waals surface area contributed by atoms with Gasteiger partial charge in [0.15, 0.2) is 0 Å². The Labute approximate surface area is 72.1 Å². The van der Waals surface area contributed by atoms with Crippen LogP contribution in [0.15, 0.2) is 0 Å². The van der Waals surface area contributed by atoms with Crippen LogP contribution >= 0.6 is 0 Å². The van der Waals surface area contributed by atoms with Crippen molar-refractivity contribution in [2.75, 3.05) is 27.2 Å². The van der Waals surface area contributed by atoms with E-state index in [0.29, 0.717) is 6.54 Å². The molecule has 0 aliphatic rings. The summed E-state index contributed by atoms with van der Waals surface area (Å²) in [6.07, 6.45) is 0.